The van der Waals surface area contributed by atoms with E-state index in [-0.39, 0.29) is 24.8 Å². The predicted octanol–water partition coefficient (Wildman–Crippen LogP) is 1.54. The smallest absolute Gasteiger partial charge is 0.224 e. The number of rotatable bonds is 4. The molecule has 1 atom stereocenters. The van der Waals surface area contributed by atoms with Gasteiger partial charge in [0.1, 0.15) is 0 Å². The van der Waals surface area contributed by atoms with Gasteiger partial charge in [-0.1, -0.05) is 0 Å². The van der Waals surface area contributed by atoms with Gasteiger partial charge in [-0.2, -0.15) is 0 Å². The van der Waals surface area contributed by atoms with E-state index >= 15 is 0 Å². The molecule has 1 unspecified atom stereocenters. The minimum atomic E-state index is 0. The number of nitrogens with one attached hydrogen (secondary N) is 1. The largest absolute Gasteiger partial charge is 0.381 e. The Morgan fingerprint density at radius 3 is 2.35 bits per heavy atom. The summed E-state index contributed by atoms with van der Waals surface area (Å²) in [5.41, 5.74) is 0. The standard InChI is InChI=1S/C16H29N3O2.2ClH/c20-16(12-15-2-1-5-17-15)19-8-6-18(7-9-19)13-14-3-10-21-11-4-14;;/h14-15,17H,1-13H2;2*1H. The third kappa shape index (κ3) is 6.39. The van der Waals surface area contributed by atoms with Crippen LogP contribution < -0.4 is 5.32 Å². The van der Waals surface area contributed by atoms with E-state index in [1.54, 1.807) is 0 Å². The molecule has 1 amide bonds. The van der Waals surface area contributed by atoms with Gasteiger partial charge in [0.2, 0.25) is 5.91 Å². The lowest BCUT2D eigenvalue weighted by atomic mass is 9.99. The molecule has 0 aromatic rings. The van der Waals surface area contributed by atoms with Crippen molar-refractivity contribution in [2.45, 2.75) is 38.1 Å². The van der Waals surface area contributed by atoms with Crippen molar-refractivity contribution in [1.29, 1.82) is 0 Å². The molecule has 3 heterocycles. The highest BCUT2D eigenvalue weighted by molar-refractivity contribution is 5.85. The van der Waals surface area contributed by atoms with Crippen molar-refractivity contribution in [3.63, 3.8) is 0 Å². The molecule has 3 fully saturated rings. The molecule has 3 aliphatic heterocycles. The van der Waals surface area contributed by atoms with E-state index in [0.717, 1.165) is 58.3 Å². The normalized spacial score (nSPS) is 26.4. The van der Waals surface area contributed by atoms with Crippen molar-refractivity contribution in [2.75, 3.05) is 52.5 Å². The summed E-state index contributed by atoms with van der Waals surface area (Å²) in [5, 5.41) is 3.42. The first kappa shape index (κ1) is 21.0. The number of hydrogen-bond donors (Lipinski definition) is 1. The Labute approximate surface area is 152 Å². The highest BCUT2D eigenvalue weighted by Gasteiger charge is 2.26. The zero-order chi connectivity index (χ0) is 14.5. The Morgan fingerprint density at radius 1 is 1.04 bits per heavy atom. The van der Waals surface area contributed by atoms with Crippen molar-refractivity contribution in [3.05, 3.63) is 0 Å². The molecule has 0 aromatic carbocycles. The lowest BCUT2D eigenvalue weighted by Crippen LogP contribution is -2.50. The molecule has 0 spiro atoms. The van der Waals surface area contributed by atoms with Gasteiger partial charge in [0.15, 0.2) is 0 Å². The highest BCUT2D eigenvalue weighted by atomic mass is 35.5. The van der Waals surface area contributed by atoms with Crippen LogP contribution in [0.15, 0.2) is 0 Å². The average Bonchev–Trinajstić information content (AvgIpc) is 3.02. The Hall–Kier alpha value is -0.0700. The Balaban J connectivity index is 0.00000132. The summed E-state index contributed by atoms with van der Waals surface area (Å²) in [6.45, 7) is 8.04. The van der Waals surface area contributed by atoms with Crippen LogP contribution in [0, 0.1) is 5.92 Å². The molecular formula is C16H31Cl2N3O2. The summed E-state index contributed by atoms with van der Waals surface area (Å²) in [6, 6.07) is 0.428. The maximum atomic E-state index is 12.3. The fraction of sp³-hybridized carbons (Fsp3) is 0.938. The summed E-state index contributed by atoms with van der Waals surface area (Å²) in [4.78, 5) is 16.9. The van der Waals surface area contributed by atoms with Crippen LogP contribution in [0.2, 0.25) is 0 Å². The maximum Gasteiger partial charge on any atom is 0.224 e. The molecule has 0 bridgehead atoms. The molecule has 23 heavy (non-hydrogen) atoms. The zero-order valence-electron chi connectivity index (χ0n) is 13.9. The van der Waals surface area contributed by atoms with Gasteiger partial charge in [-0.25, -0.2) is 0 Å². The molecule has 0 aliphatic carbocycles. The second kappa shape index (κ2) is 10.7. The molecule has 5 nitrogen and oxygen atoms in total. The van der Waals surface area contributed by atoms with Gasteiger partial charge >= 0.3 is 0 Å². The second-order valence-corrected chi connectivity index (χ2v) is 6.73. The van der Waals surface area contributed by atoms with Crippen LogP contribution in [0.25, 0.3) is 0 Å². The number of carbonyl (C=O) groups excluding carboxylic acids is 1. The minimum absolute atomic E-state index is 0. The SMILES string of the molecule is Cl.Cl.O=C(CC1CCCN1)N1CCN(CC2CCOCC2)CC1. The summed E-state index contributed by atoms with van der Waals surface area (Å²) in [5.74, 6) is 1.14. The molecule has 136 valence electrons. The summed E-state index contributed by atoms with van der Waals surface area (Å²) >= 11 is 0. The van der Waals surface area contributed by atoms with Gasteiger partial charge in [-0.15, -0.1) is 24.8 Å². The van der Waals surface area contributed by atoms with Crippen LogP contribution in [0.4, 0.5) is 0 Å². The summed E-state index contributed by atoms with van der Waals surface area (Å²) < 4.78 is 5.42. The maximum absolute atomic E-state index is 12.3. The van der Waals surface area contributed by atoms with Crippen LogP contribution in [0.3, 0.4) is 0 Å². The molecule has 3 aliphatic rings. The van der Waals surface area contributed by atoms with Crippen molar-refractivity contribution in [2.24, 2.45) is 5.92 Å². The van der Waals surface area contributed by atoms with Crippen LogP contribution in [-0.2, 0) is 9.53 Å². The minimum Gasteiger partial charge on any atom is -0.381 e. The highest BCUT2D eigenvalue weighted by Crippen LogP contribution is 2.17. The lowest BCUT2D eigenvalue weighted by molar-refractivity contribution is -0.133. The third-order valence-corrected chi connectivity index (χ3v) is 5.17. The Bertz CT molecular complexity index is 340. The number of carbonyl (C=O) groups is 1. The van der Waals surface area contributed by atoms with Crippen molar-refractivity contribution in [3.8, 4) is 0 Å². The number of nitrogens with zero attached hydrogens (tertiary/aromatic N) is 2. The molecule has 3 rings (SSSR count). The Kier molecular flexibility index (Phi) is 9.78. The number of piperazine rings is 1. The van der Waals surface area contributed by atoms with Gasteiger partial charge in [-0.05, 0) is 38.1 Å². The van der Waals surface area contributed by atoms with Crippen LogP contribution in [0.5, 0.6) is 0 Å². The van der Waals surface area contributed by atoms with Gasteiger partial charge < -0.3 is 15.0 Å². The fourth-order valence-corrected chi connectivity index (χ4v) is 3.74. The van der Waals surface area contributed by atoms with Crippen LogP contribution >= 0.6 is 24.8 Å². The molecule has 0 saturated carbocycles. The molecule has 1 N–H and O–H groups in total. The van der Waals surface area contributed by atoms with E-state index in [2.05, 4.69) is 15.1 Å². The monoisotopic (exact) mass is 367 g/mol. The Morgan fingerprint density at radius 2 is 1.74 bits per heavy atom. The van der Waals surface area contributed by atoms with E-state index < -0.39 is 0 Å². The number of amides is 1. The first-order valence-corrected chi connectivity index (χ1v) is 8.62. The number of hydrogen-bond acceptors (Lipinski definition) is 4. The zero-order valence-corrected chi connectivity index (χ0v) is 15.5. The van der Waals surface area contributed by atoms with Crippen molar-refractivity contribution in [1.82, 2.24) is 15.1 Å². The fourth-order valence-electron chi connectivity index (χ4n) is 3.74. The van der Waals surface area contributed by atoms with Gasteiger partial charge in [0.05, 0.1) is 0 Å². The van der Waals surface area contributed by atoms with Gasteiger partial charge in [0, 0.05) is 58.4 Å². The van der Waals surface area contributed by atoms with E-state index in [4.69, 9.17) is 4.74 Å². The molecule has 7 heteroatoms. The van der Waals surface area contributed by atoms with E-state index in [9.17, 15) is 4.79 Å². The lowest BCUT2D eigenvalue weighted by Gasteiger charge is -2.37. The molecule has 0 radical (unpaired) electrons. The van der Waals surface area contributed by atoms with Crippen molar-refractivity contribution < 1.29 is 9.53 Å². The topological polar surface area (TPSA) is 44.8 Å². The summed E-state index contributed by atoms with van der Waals surface area (Å²) in [7, 11) is 0. The quantitative estimate of drug-likeness (QED) is 0.818. The first-order chi connectivity index (χ1) is 10.3. The third-order valence-electron chi connectivity index (χ3n) is 5.17. The summed E-state index contributed by atoms with van der Waals surface area (Å²) in [6.07, 6.45) is 5.48. The van der Waals surface area contributed by atoms with Crippen LogP contribution in [0.1, 0.15) is 32.1 Å². The first-order valence-electron chi connectivity index (χ1n) is 8.62. The molecule has 3 saturated heterocycles. The average molecular weight is 368 g/mol. The number of halogens is 2. The number of ether oxygens (including phenoxy) is 1. The van der Waals surface area contributed by atoms with E-state index in [1.807, 2.05) is 0 Å². The van der Waals surface area contributed by atoms with Crippen molar-refractivity contribution >= 4 is 30.7 Å². The van der Waals surface area contributed by atoms with E-state index in [0.29, 0.717) is 18.4 Å². The van der Waals surface area contributed by atoms with E-state index in [1.165, 1.54) is 25.8 Å². The van der Waals surface area contributed by atoms with Crippen LogP contribution in [-0.4, -0.2) is 74.2 Å². The van der Waals surface area contributed by atoms with Gasteiger partial charge in [-0.3, -0.25) is 9.69 Å². The predicted molar refractivity (Wildman–Crippen MR) is 96.7 cm³/mol. The second-order valence-electron chi connectivity index (χ2n) is 6.73. The van der Waals surface area contributed by atoms with Gasteiger partial charge in [0.25, 0.3) is 0 Å². The molecular weight excluding hydrogens is 337 g/mol. The molecule has 0 aromatic heterocycles.